The molecular formula is C18H12Cl2F3N3O3. The molecule has 0 saturated heterocycles. The minimum Gasteiger partial charge on any atom is -0.329 e. The van der Waals surface area contributed by atoms with Crippen LogP contribution in [0.4, 0.5) is 13.2 Å². The van der Waals surface area contributed by atoms with E-state index in [1.54, 1.807) is 12.1 Å². The van der Waals surface area contributed by atoms with Gasteiger partial charge in [0.2, 0.25) is 5.82 Å². The van der Waals surface area contributed by atoms with Gasteiger partial charge in [0.1, 0.15) is 0 Å². The monoisotopic (exact) mass is 445 g/mol. The van der Waals surface area contributed by atoms with Crippen LogP contribution in [-0.4, -0.2) is 28.2 Å². The molecule has 0 aliphatic rings. The number of amides is 1. The van der Waals surface area contributed by atoms with Gasteiger partial charge < -0.3 is 4.52 Å². The van der Waals surface area contributed by atoms with E-state index < -0.39 is 18.0 Å². The number of carbonyl (C=O) groups excluding carboxylic acids is 1. The Hall–Kier alpha value is -2.62. The van der Waals surface area contributed by atoms with Crippen molar-refractivity contribution in [2.24, 2.45) is 0 Å². The average molecular weight is 446 g/mol. The molecule has 0 aliphatic heterocycles. The van der Waals surface area contributed by atoms with E-state index in [2.05, 4.69) is 14.7 Å². The molecule has 3 rings (SSSR count). The van der Waals surface area contributed by atoms with Crippen LogP contribution in [0, 0.1) is 0 Å². The summed E-state index contributed by atoms with van der Waals surface area (Å²) in [6, 6.07) is 10.7. The van der Waals surface area contributed by atoms with E-state index in [1.165, 1.54) is 37.4 Å². The Bertz CT molecular complexity index is 1020. The Morgan fingerprint density at radius 2 is 1.86 bits per heavy atom. The van der Waals surface area contributed by atoms with E-state index in [0.717, 1.165) is 5.06 Å². The first-order valence-corrected chi connectivity index (χ1v) is 8.76. The van der Waals surface area contributed by atoms with Crippen LogP contribution in [0.25, 0.3) is 11.4 Å². The second-order valence-corrected chi connectivity index (χ2v) is 6.61. The number of nitrogens with zero attached hydrogens (tertiary/aromatic N) is 3. The fourth-order valence-corrected chi connectivity index (χ4v) is 2.89. The highest BCUT2D eigenvalue weighted by atomic mass is 35.5. The van der Waals surface area contributed by atoms with Gasteiger partial charge in [0.15, 0.2) is 0 Å². The lowest BCUT2D eigenvalue weighted by Gasteiger charge is -2.20. The van der Waals surface area contributed by atoms with Crippen molar-refractivity contribution >= 4 is 29.1 Å². The second-order valence-electron chi connectivity index (χ2n) is 5.77. The molecule has 1 amide bonds. The molecule has 1 aromatic heterocycles. The van der Waals surface area contributed by atoms with Gasteiger partial charge in [0, 0.05) is 10.6 Å². The molecule has 29 heavy (non-hydrogen) atoms. The smallest absolute Gasteiger partial charge is 0.329 e. The summed E-state index contributed by atoms with van der Waals surface area (Å²) in [5.74, 6) is -2.10. The van der Waals surface area contributed by atoms with Gasteiger partial charge in [-0.15, -0.1) is 0 Å². The summed E-state index contributed by atoms with van der Waals surface area (Å²) in [5.41, 5.74) is 1.18. The van der Waals surface area contributed by atoms with Crippen LogP contribution in [0.3, 0.4) is 0 Å². The first-order valence-electron chi connectivity index (χ1n) is 8.00. The quantitative estimate of drug-likeness (QED) is 0.500. The maximum atomic E-state index is 12.6. The molecule has 0 aliphatic carbocycles. The van der Waals surface area contributed by atoms with Crippen molar-refractivity contribution in [3.8, 4) is 11.4 Å². The van der Waals surface area contributed by atoms with Gasteiger partial charge in [-0.1, -0.05) is 52.6 Å². The SMILES string of the molecule is CON(Cc1ccc(-c2noc(C(F)(F)F)n2)cc1)C(=O)c1ccc(Cl)cc1Cl. The van der Waals surface area contributed by atoms with Crippen LogP contribution < -0.4 is 0 Å². The lowest BCUT2D eigenvalue weighted by Crippen LogP contribution is -2.29. The zero-order chi connectivity index (χ0) is 21.2. The maximum absolute atomic E-state index is 12.6. The Kier molecular flexibility index (Phi) is 6.11. The highest BCUT2D eigenvalue weighted by Crippen LogP contribution is 2.29. The number of alkyl halides is 3. The van der Waals surface area contributed by atoms with Crippen LogP contribution >= 0.6 is 23.2 Å². The second kappa shape index (κ2) is 8.40. The van der Waals surface area contributed by atoms with Crippen molar-refractivity contribution in [1.29, 1.82) is 0 Å². The fraction of sp³-hybridized carbons (Fsp3) is 0.167. The lowest BCUT2D eigenvalue weighted by atomic mass is 10.1. The molecule has 0 spiro atoms. The third-order valence-electron chi connectivity index (χ3n) is 3.82. The molecule has 0 fully saturated rings. The maximum Gasteiger partial charge on any atom is 0.471 e. The van der Waals surface area contributed by atoms with E-state index in [1.807, 2.05) is 0 Å². The summed E-state index contributed by atoms with van der Waals surface area (Å²) in [6.45, 7) is 0.0641. The highest BCUT2D eigenvalue weighted by molar-refractivity contribution is 6.36. The number of hydroxylamine groups is 2. The van der Waals surface area contributed by atoms with Crippen molar-refractivity contribution < 1.29 is 27.3 Å². The van der Waals surface area contributed by atoms with Crippen LogP contribution in [0.15, 0.2) is 47.0 Å². The van der Waals surface area contributed by atoms with Crippen molar-refractivity contribution in [3.63, 3.8) is 0 Å². The van der Waals surface area contributed by atoms with Gasteiger partial charge >= 0.3 is 12.1 Å². The third kappa shape index (κ3) is 4.87. The molecule has 11 heteroatoms. The topological polar surface area (TPSA) is 68.5 Å². The number of benzene rings is 2. The number of halogens is 5. The molecule has 6 nitrogen and oxygen atoms in total. The van der Waals surface area contributed by atoms with Crippen LogP contribution in [-0.2, 0) is 17.6 Å². The lowest BCUT2D eigenvalue weighted by molar-refractivity contribution is -0.159. The van der Waals surface area contributed by atoms with Crippen molar-refractivity contribution in [3.05, 3.63) is 69.5 Å². The largest absolute Gasteiger partial charge is 0.471 e. The third-order valence-corrected chi connectivity index (χ3v) is 4.36. The molecule has 0 saturated carbocycles. The first-order chi connectivity index (χ1) is 13.7. The molecule has 152 valence electrons. The number of hydrogen-bond acceptors (Lipinski definition) is 5. The van der Waals surface area contributed by atoms with Crippen LogP contribution in [0.5, 0.6) is 0 Å². The predicted molar refractivity (Wildman–Crippen MR) is 98.1 cm³/mol. The number of rotatable bonds is 5. The van der Waals surface area contributed by atoms with E-state index >= 15 is 0 Å². The summed E-state index contributed by atoms with van der Waals surface area (Å²) < 4.78 is 41.9. The predicted octanol–water partition coefficient (Wildman–Crippen LogP) is 5.27. The van der Waals surface area contributed by atoms with Crippen molar-refractivity contribution in [2.75, 3.05) is 7.11 Å². The summed E-state index contributed by atoms with van der Waals surface area (Å²) in [7, 11) is 1.33. The van der Waals surface area contributed by atoms with Gasteiger partial charge in [-0.3, -0.25) is 9.63 Å². The zero-order valence-corrected chi connectivity index (χ0v) is 16.2. The minimum absolute atomic E-state index is 0.0641. The molecule has 0 atom stereocenters. The summed E-state index contributed by atoms with van der Waals surface area (Å²) in [5, 5.41) is 4.98. The summed E-state index contributed by atoms with van der Waals surface area (Å²) in [6.07, 6.45) is -4.71. The Morgan fingerprint density at radius 1 is 1.17 bits per heavy atom. The minimum atomic E-state index is -4.71. The van der Waals surface area contributed by atoms with Crippen molar-refractivity contribution in [1.82, 2.24) is 15.2 Å². The summed E-state index contributed by atoms with van der Waals surface area (Å²) >= 11 is 11.9. The van der Waals surface area contributed by atoms with E-state index in [4.69, 9.17) is 28.0 Å². The van der Waals surface area contributed by atoms with E-state index in [9.17, 15) is 18.0 Å². The van der Waals surface area contributed by atoms with Gasteiger partial charge in [0.05, 0.1) is 24.2 Å². The Labute approximate surface area is 172 Å². The number of carbonyl (C=O) groups is 1. The molecule has 2 aromatic carbocycles. The summed E-state index contributed by atoms with van der Waals surface area (Å²) in [4.78, 5) is 21.1. The first kappa shape index (κ1) is 21.1. The highest BCUT2D eigenvalue weighted by Gasteiger charge is 2.38. The fourth-order valence-electron chi connectivity index (χ4n) is 2.40. The molecule has 0 unspecified atom stereocenters. The average Bonchev–Trinajstić information content (AvgIpc) is 3.17. The zero-order valence-electron chi connectivity index (χ0n) is 14.7. The van der Waals surface area contributed by atoms with Gasteiger partial charge in [-0.2, -0.15) is 18.2 Å². The Balaban J connectivity index is 1.75. The van der Waals surface area contributed by atoms with Gasteiger partial charge in [-0.05, 0) is 23.8 Å². The van der Waals surface area contributed by atoms with E-state index in [-0.39, 0.29) is 23.0 Å². The van der Waals surface area contributed by atoms with Gasteiger partial charge in [0.25, 0.3) is 5.91 Å². The van der Waals surface area contributed by atoms with E-state index in [0.29, 0.717) is 16.1 Å². The standard InChI is InChI=1S/C18H12Cl2F3N3O3/c1-28-26(16(27)13-7-6-12(19)8-14(13)20)9-10-2-4-11(5-3-10)15-24-17(29-25-15)18(21,22)23/h2-8H,9H2,1H3. The molecular weight excluding hydrogens is 434 g/mol. The van der Waals surface area contributed by atoms with Gasteiger partial charge in [-0.25, -0.2) is 5.06 Å². The molecule has 0 radical (unpaired) electrons. The molecule has 0 N–H and O–H groups in total. The normalized spacial score (nSPS) is 11.5. The Morgan fingerprint density at radius 3 is 2.41 bits per heavy atom. The molecule has 3 aromatic rings. The number of aromatic nitrogens is 2. The number of hydrogen-bond donors (Lipinski definition) is 0. The molecule has 0 bridgehead atoms. The van der Waals surface area contributed by atoms with Crippen LogP contribution in [0.2, 0.25) is 10.0 Å². The van der Waals surface area contributed by atoms with Crippen LogP contribution in [0.1, 0.15) is 21.8 Å². The molecule has 1 heterocycles. The van der Waals surface area contributed by atoms with Crippen molar-refractivity contribution in [2.45, 2.75) is 12.7 Å².